The fraction of sp³-hybridized carbons (Fsp3) is 0.421. The van der Waals surface area contributed by atoms with Crippen molar-refractivity contribution in [2.24, 2.45) is 0 Å². The lowest BCUT2D eigenvalue weighted by molar-refractivity contribution is 0.309. The van der Waals surface area contributed by atoms with Crippen LogP contribution in [0.4, 0.5) is 0 Å². The molecule has 0 saturated heterocycles. The van der Waals surface area contributed by atoms with E-state index >= 15 is 0 Å². The van der Waals surface area contributed by atoms with E-state index in [0.29, 0.717) is 36.2 Å². The van der Waals surface area contributed by atoms with Gasteiger partial charge >= 0.3 is 0 Å². The molecule has 1 aromatic heterocycles. The number of hydrogen-bond donors (Lipinski definition) is 1. The second-order valence-electron chi connectivity index (χ2n) is 5.69. The van der Waals surface area contributed by atoms with Crippen molar-refractivity contribution in [3.8, 4) is 11.5 Å². The number of unbranched alkanes of at least 4 members (excludes halogenated alkanes) is 1. The molecule has 0 spiro atoms. The Labute approximate surface area is 150 Å². The van der Waals surface area contributed by atoms with Gasteiger partial charge in [0.25, 0.3) is 0 Å². The van der Waals surface area contributed by atoms with E-state index in [0.717, 1.165) is 25.0 Å². The van der Waals surface area contributed by atoms with Gasteiger partial charge in [-0.05, 0) is 31.4 Å². The molecule has 6 heteroatoms. The summed E-state index contributed by atoms with van der Waals surface area (Å²) in [5.74, 6) is 2.11. The third kappa shape index (κ3) is 7.13. The van der Waals surface area contributed by atoms with Crippen molar-refractivity contribution in [1.82, 2.24) is 4.98 Å². The highest BCUT2D eigenvalue weighted by Crippen LogP contribution is 2.09. The van der Waals surface area contributed by atoms with E-state index in [4.69, 9.17) is 9.47 Å². The number of para-hydroxylation sites is 1. The van der Waals surface area contributed by atoms with Crippen molar-refractivity contribution in [1.29, 1.82) is 0 Å². The Morgan fingerprint density at radius 2 is 1.88 bits per heavy atom. The molecule has 0 aliphatic rings. The Bertz CT molecular complexity index is 715. The Morgan fingerprint density at radius 1 is 1.08 bits per heavy atom. The fourth-order valence-electron chi connectivity index (χ4n) is 2.23. The third-order valence-electron chi connectivity index (χ3n) is 3.49. The fourth-order valence-corrected chi connectivity index (χ4v) is 3.41. The van der Waals surface area contributed by atoms with Gasteiger partial charge in [-0.3, -0.25) is 9.00 Å². The number of aromatic amines is 1. The number of benzene rings is 1. The predicted octanol–water partition coefficient (Wildman–Crippen LogP) is 3.27. The zero-order chi connectivity index (χ0) is 17.9. The molecule has 1 heterocycles. The second kappa shape index (κ2) is 10.7. The van der Waals surface area contributed by atoms with E-state index in [-0.39, 0.29) is 5.43 Å². The van der Waals surface area contributed by atoms with Gasteiger partial charge in [0.15, 0.2) is 5.75 Å². The van der Waals surface area contributed by atoms with Crippen LogP contribution < -0.4 is 14.9 Å². The summed E-state index contributed by atoms with van der Waals surface area (Å²) in [6.07, 6.45) is 4.07. The van der Waals surface area contributed by atoms with E-state index in [2.05, 4.69) is 4.98 Å². The maximum absolute atomic E-state index is 12.1. The van der Waals surface area contributed by atoms with Crippen molar-refractivity contribution in [2.45, 2.75) is 31.9 Å². The number of nitrogens with one attached hydrogen (secondary N) is 1. The number of ether oxygens (including phenoxy) is 2. The molecule has 2 rings (SSSR count). The lowest BCUT2D eigenvalue weighted by atomic mass is 10.3. The first-order valence-corrected chi connectivity index (χ1v) is 10.0. The molecular formula is C19H25NO4S. The highest BCUT2D eigenvalue weighted by molar-refractivity contribution is 7.84. The first-order chi connectivity index (χ1) is 12.2. The largest absolute Gasteiger partial charge is 0.494 e. The van der Waals surface area contributed by atoms with Crippen LogP contribution in [0.5, 0.6) is 11.5 Å². The van der Waals surface area contributed by atoms with E-state index in [9.17, 15) is 9.00 Å². The first kappa shape index (κ1) is 19.2. The maximum atomic E-state index is 12.1. The molecule has 136 valence electrons. The summed E-state index contributed by atoms with van der Waals surface area (Å²) in [5.41, 5.74) is 0.503. The molecule has 0 amide bonds. The van der Waals surface area contributed by atoms with Gasteiger partial charge in [0, 0.05) is 34.5 Å². The van der Waals surface area contributed by atoms with Crippen LogP contribution in [0.25, 0.3) is 0 Å². The summed E-state index contributed by atoms with van der Waals surface area (Å²) in [4.78, 5) is 14.9. The van der Waals surface area contributed by atoms with Crippen molar-refractivity contribution < 1.29 is 13.7 Å². The maximum Gasteiger partial charge on any atom is 0.223 e. The van der Waals surface area contributed by atoms with Crippen molar-refractivity contribution in [2.75, 3.05) is 19.0 Å². The zero-order valence-corrected chi connectivity index (χ0v) is 15.3. The number of pyridine rings is 1. The van der Waals surface area contributed by atoms with Gasteiger partial charge < -0.3 is 14.5 Å². The predicted molar refractivity (Wildman–Crippen MR) is 101 cm³/mol. The van der Waals surface area contributed by atoms with E-state index in [1.165, 1.54) is 6.07 Å². The van der Waals surface area contributed by atoms with Gasteiger partial charge in [-0.1, -0.05) is 25.1 Å². The lowest BCUT2D eigenvalue weighted by Gasteiger charge is -2.07. The minimum atomic E-state index is -1.01. The van der Waals surface area contributed by atoms with Gasteiger partial charge in [0.2, 0.25) is 5.43 Å². The molecule has 1 N–H and O–H groups in total. The summed E-state index contributed by atoms with van der Waals surface area (Å²) < 4.78 is 23.1. The van der Waals surface area contributed by atoms with Crippen molar-refractivity contribution in [3.63, 3.8) is 0 Å². The lowest BCUT2D eigenvalue weighted by Crippen LogP contribution is -2.12. The summed E-state index contributed by atoms with van der Waals surface area (Å²) in [5, 5.41) is 0. The molecule has 2 aromatic rings. The van der Waals surface area contributed by atoms with E-state index in [1.807, 2.05) is 37.3 Å². The van der Waals surface area contributed by atoms with Crippen LogP contribution in [-0.4, -0.2) is 28.2 Å². The van der Waals surface area contributed by atoms with E-state index in [1.54, 1.807) is 6.20 Å². The van der Waals surface area contributed by atoms with Gasteiger partial charge in [0.05, 0.1) is 19.0 Å². The van der Waals surface area contributed by atoms with Crippen LogP contribution in [-0.2, 0) is 16.6 Å². The van der Waals surface area contributed by atoms with Crippen LogP contribution in [0.3, 0.4) is 0 Å². The van der Waals surface area contributed by atoms with E-state index < -0.39 is 10.8 Å². The summed E-state index contributed by atoms with van der Waals surface area (Å²) in [7, 11) is -1.01. The Kier molecular flexibility index (Phi) is 8.25. The van der Waals surface area contributed by atoms with Crippen LogP contribution in [0.1, 0.15) is 31.9 Å². The highest BCUT2D eigenvalue weighted by Gasteiger charge is 2.06. The van der Waals surface area contributed by atoms with Crippen LogP contribution in [0.15, 0.2) is 47.4 Å². The molecule has 0 aliphatic carbocycles. The molecule has 25 heavy (non-hydrogen) atoms. The Hall–Kier alpha value is -2.08. The van der Waals surface area contributed by atoms with Crippen LogP contribution in [0.2, 0.25) is 0 Å². The number of rotatable bonds is 11. The van der Waals surface area contributed by atoms with Crippen molar-refractivity contribution in [3.05, 3.63) is 58.5 Å². The van der Waals surface area contributed by atoms with Crippen molar-refractivity contribution >= 4 is 10.8 Å². The molecule has 1 atom stereocenters. The normalized spacial score (nSPS) is 11.9. The number of hydrogen-bond acceptors (Lipinski definition) is 4. The van der Waals surface area contributed by atoms with Crippen LogP contribution >= 0.6 is 0 Å². The molecule has 0 fully saturated rings. The first-order valence-electron chi connectivity index (χ1n) is 8.56. The summed E-state index contributed by atoms with van der Waals surface area (Å²) in [6.45, 7) is 3.11. The SMILES string of the molecule is CCCOc1c[nH]c(CS(=O)CCCCOc2ccccc2)cc1=O. The molecule has 0 aliphatic heterocycles. The molecule has 5 nitrogen and oxygen atoms in total. The number of aromatic nitrogens is 1. The molecule has 0 saturated carbocycles. The summed E-state index contributed by atoms with van der Waals surface area (Å²) >= 11 is 0. The molecule has 1 unspecified atom stereocenters. The standard InChI is InChI=1S/C19H25NO4S/c1-2-10-24-19-14-20-16(13-18(19)21)15-25(22)12-7-6-11-23-17-8-4-3-5-9-17/h3-5,8-9,13-14H,2,6-7,10-12,15H2,1H3,(H,20,21). The van der Waals surface area contributed by atoms with Gasteiger partial charge in [-0.25, -0.2) is 0 Å². The second-order valence-corrected chi connectivity index (χ2v) is 7.27. The van der Waals surface area contributed by atoms with Gasteiger partial charge in [-0.15, -0.1) is 0 Å². The van der Waals surface area contributed by atoms with Gasteiger partial charge in [-0.2, -0.15) is 0 Å². The smallest absolute Gasteiger partial charge is 0.223 e. The minimum Gasteiger partial charge on any atom is -0.494 e. The topological polar surface area (TPSA) is 68.4 Å². The Balaban J connectivity index is 1.68. The van der Waals surface area contributed by atoms with Gasteiger partial charge in [0.1, 0.15) is 5.75 Å². The quantitative estimate of drug-likeness (QED) is 0.622. The highest BCUT2D eigenvalue weighted by atomic mass is 32.2. The monoisotopic (exact) mass is 363 g/mol. The molecular weight excluding hydrogens is 338 g/mol. The number of H-pyrrole nitrogens is 1. The average molecular weight is 363 g/mol. The Morgan fingerprint density at radius 3 is 2.60 bits per heavy atom. The molecule has 0 bridgehead atoms. The zero-order valence-electron chi connectivity index (χ0n) is 14.5. The minimum absolute atomic E-state index is 0.171. The van der Waals surface area contributed by atoms with Crippen LogP contribution in [0, 0.1) is 0 Å². The average Bonchev–Trinajstić information content (AvgIpc) is 2.61. The third-order valence-corrected chi connectivity index (χ3v) is 4.87. The molecule has 0 radical (unpaired) electrons. The summed E-state index contributed by atoms with van der Waals surface area (Å²) in [6, 6.07) is 11.1. The molecule has 1 aromatic carbocycles.